The first-order chi connectivity index (χ1) is 57.2. The van der Waals surface area contributed by atoms with Crippen LogP contribution in [0.25, 0.3) is 0 Å². The highest BCUT2D eigenvalue weighted by Crippen LogP contribution is 2.45. The fraction of sp³-hybridized carbons (Fsp3) is 0.646. The van der Waals surface area contributed by atoms with E-state index in [1.54, 1.807) is 0 Å². The van der Waals surface area contributed by atoms with Crippen LogP contribution in [0.2, 0.25) is 0 Å². The Labute approximate surface area is 712 Å². The maximum absolute atomic E-state index is 13.1. The molecule has 0 spiro atoms. The van der Waals surface area contributed by atoms with E-state index in [4.69, 9.17) is 32.3 Å². The Balaban J connectivity index is 4.61. The molecule has 0 bridgehead atoms. The fourth-order valence-electron chi connectivity index (χ4n) is 12.0. The summed E-state index contributed by atoms with van der Waals surface area (Å²) in [6.45, 7) is 2.33. The van der Waals surface area contributed by atoms with Crippen molar-refractivity contribution >= 4 is 33.6 Å². The Hall–Kier alpha value is -5.61. The van der Waals surface area contributed by atoms with Crippen LogP contribution in [-0.2, 0) is 55.8 Å². The van der Waals surface area contributed by atoms with E-state index < -0.39 is 91.5 Å². The Bertz CT molecular complexity index is 2910. The molecule has 0 saturated heterocycles. The van der Waals surface area contributed by atoms with Crippen LogP contribution in [0.4, 0.5) is 0 Å². The number of hydrogen-bond acceptors (Lipinski definition) is 14. The highest BCUT2D eigenvalue weighted by Gasteiger charge is 2.29. The van der Waals surface area contributed by atoms with E-state index in [-0.39, 0.29) is 19.3 Å². The normalized spacial score (nSPS) is 14.7. The molecule has 0 aliphatic carbocycles. The van der Waals surface area contributed by atoms with Gasteiger partial charge >= 0.3 is 33.6 Å². The van der Waals surface area contributed by atoms with Crippen LogP contribution in [0, 0.1) is 0 Å². The van der Waals surface area contributed by atoms with E-state index in [9.17, 15) is 43.5 Å². The SMILES string of the molecule is CC/C=C\C/C=C\C/C=C\C/C=C\C/C=C\C/C=C\CCCCCCCCC(=O)OCC(COP(=O)(O)OCC(O)COP(=O)(O)OCC(O)COC(=O)CCCCCCCCCCCCCCCCCCC/C=C\C/C=C\C/C=C\C/C=C\C/C=C\CC)OC(=O)CCCCCCCCC/C=C\C/C=C\C/C=C\C/C=C\C/C=C\CC. The van der Waals surface area contributed by atoms with Crippen molar-refractivity contribution in [2.45, 2.75) is 373 Å². The molecule has 5 atom stereocenters. The third kappa shape index (κ3) is 91.0. The first-order valence-corrected chi connectivity index (χ1v) is 48.7. The predicted octanol–water partition coefficient (Wildman–Crippen LogP) is 28.2. The van der Waals surface area contributed by atoms with Crippen LogP contribution < -0.4 is 0 Å². The van der Waals surface area contributed by atoms with Crippen LogP contribution in [0.5, 0.6) is 0 Å². The number of hydrogen-bond donors (Lipinski definition) is 4. The van der Waals surface area contributed by atoms with Gasteiger partial charge in [-0.15, -0.1) is 0 Å². The van der Waals surface area contributed by atoms with Gasteiger partial charge in [-0.05, 0) is 161 Å². The van der Waals surface area contributed by atoms with Crippen molar-refractivity contribution in [1.29, 1.82) is 0 Å². The lowest BCUT2D eigenvalue weighted by molar-refractivity contribution is -0.161. The van der Waals surface area contributed by atoms with Crippen LogP contribution in [0.3, 0.4) is 0 Å². The minimum absolute atomic E-state index is 0.0809. The average Bonchev–Trinajstić information content (AvgIpc) is 0.924. The molecule has 0 saturated carbocycles. The minimum atomic E-state index is -4.95. The summed E-state index contributed by atoms with van der Waals surface area (Å²) in [5.41, 5.74) is 0. The van der Waals surface area contributed by atoms with E-state index >= 15 is 0 Å². The van der Waals surface area contributed by atoms with Gasteiger partial charge < -0.3 is 34.2 Å². The fourth-order valence-corrected chi connectivity index (χ4v) is 13.6. The van der Waals surface area contributed by atoms with Crippen molar-refractivity contribution in [2.75, 3.05) is 39.6 Å². The summed E-state index contributed by atoms with van der Waals surface area (Å²) in [4.78, 5) is 59.0. The number of carbonyl (C=O) groups is 3. The molecule has 0 aliphatic rings. The second kappa shape index (κ2) is 89.6. The molecular formula is C99H164O16P2. The Kier molecular flexibility index (Phi) is 85.3. The number of phosphoric acid groups is 2. The van der Waals surface area contributed by atoms with Crippen LogP contribution >= 0.6 is 15.6 Å². The van der Waals surface area contributed by atoms with Gasteiger partial charge in [0.05, 0.1) is 26.4 Å². The van der Waals surface area contributed by atoms with Crippen molar-refractivity contribution < 1.29 is 75.8 Å². The zero-order valence-corrected chi connectivity index (χ0v) is 75.1. The summed E-state index contributed by atoms with van der Waals surface area (Å²) in [6, 6.07) is 0. The summed E-state index contributed by atoms with van der Waals surface area (Å²) < 4.78 is 61.5. The molecule has 0 aromatic heterocycles. The summed E-state index contributed by atoms with van der Waals surface area (Å²) in [6.07, 6.45) is 119. The summed E-state index contributed by atoms with van der Waals surface area (Å²) in [5.74, 6) is -1.61. The van der Waals surface area contributed by atoms with Crippen molar-refractivity contribution in [3.05, 3.63) is 194 Å². The number of ether oxygens (including phenoxy) is 3. The molecule has 0 aromatic rings. The van der Waals surface area contributed by atoms with Gasteiger partial charge in [0, 0.05) is 19.3 Å². The smallest absolute Gasteiger partial charge is 0.463 e. The first-order valence-electron chi connectivity index (χ1n) is 45.7. The van der Waals surface area contributed by atoms with E-state index in [1.165, 1.54) is 89.9 Å². The third-order valence-electron chi connectivity index (χ3n) is 18.8. The van der Waals surface area contributed by atoms with E-state index in [2.05, 4.69) is 215 Å². The predicted molar refractivity (Wildman–Crippen MR) is 491 cm³/mol. The zero-order chi connectivity index (χ0) is 85.1. The van der Waals surface area contributed by atoms with Gasteiger partial charge in [-0.3, -0.25) is 32.5 Å². The molecule has 18 heteroatoms. The second-order valence-corrected chi connectivity index (χ2v) is 32.9. The van der Waals surface area contributed by atoms with Gasteiger partial charge in [-0.2, -0.15) is 0 Å². The number of aliphatic hydroxyl groups excluding tert-OH is 2. The molecule has 0 heterocycles. The van der Waals surface area contributed by atoms with Crippen LogP contribution in [0.15, 0.2) is 194 Å². The van der Waals surface area contributed by atoms with Crippen molar-refractivity contribution in [3.8, 4) is 0 Å². The van der Waals surface area contributed by atoms with E-state index in [1.807, 2.05) is 0 Å². The average molecular weight is 1670 g/mol. The number of aliphatic hydroxyl groups is 2. The van der Waals surface area contributed by atoms with E-state index in [0.29, 0.717) is 19.3 Å². The Morgan fingerprint density at radius 1 is 0.239 bits per heavy atom. The largest absolute Gasteiger partial charge is 0.472 e. The molecule has 117 heavy (non-hydrogen) atoms. The molecule has 0 aliphatic heterocycles. The highest BCUT2D eigenvalue weighted by molar-refractivity contribution is 7.47. The maximum atomic E-state index is 13.1. The second-order valence-electron chi connectivity index (χ2n) is 30.0. The van der Waals surface area contributed by atoms with Crippen molar-refractivity contribution in [2.24, 2.45) is 0 Å². The molecule has 0 aromatic carbocycles. The monoisotopic (exact) mass is 1670 g/mol. The molecule has 16 nitrogen and oxygen atoms in total. The number of esters is 3. The standard InChI is InChI=1S/C99H164O16P2/c1-4-7-10-13-16-19-22-25-28-31-34-37-40-42-43-44-45-46-47-48-49-51-54-55-58-61-64-67-70-73-76-79-82-85-97(102)109-88-94(100)89-111-116(105,106)112-90-95(101)91-113-117(107,108)114-93-96(115-99(104)87-84-81-78-75-72-69-66-63-60-57-52-39-36-33-30-27-24-21-18-15-12-9-6-3)92-110-98(103)86-83-80-77-74-71-68-65-62-59-56-53-50-41-38-35-32-29-26-23-20-17-14-11-8-5-2/h7-12,16-21,25-30,34-39,42-43,50,53,57,59-60,62,94-96,100-101H,4-6,13-15,22-24,31-33,40-41,44-49,51-52,54-56,58,61,63-93H2,1-3H3,(H,105,106)(H,107,108)/b10-7-,11-8-,12-9-,19-16-,20-17-,21-18-,28-25-,29-26-,30-27-,37-34-,38-35-,39-36-,43-42-,53-50-,60-57-,62-59-. The third-order valence-corrected chi connectivity index (χ3v) is 20.7. The summed E-state index contributed by atoms with van der Waals surface area (Å²) >= 11 is 0. The maximum Gasteiger partial charge on any atom is 0.472 e. The summed E-state index contributed by atoms with van der Waals surface area (Å²) in [7, 11) is -9.83. The molecule has 666 valence electrons. The number of phosphoric ester groups is 2. The van der Waals surface area contributed by atoms with Crippen molar-refractivity contribution in [3.63, 3.8) is 0 Å². The topological polar surface area (TPSA) is 231 Å². The highest BCUT2D eigenvalue weighted by atomic mass is 31.2. The lowest BCUT2D eigenvalue weighted by Gasteiger charge is -2.21. The van der Waals surface area contributed by atoms with Gasteiger partial charge in [0.2, 0.25) is 0 Å². The molecule has 4 N–H and O–H groups in total. The van der Waals surface area contributed by atoms with E-state index in [0.717, 1.165) is 205 Å². The molecule has 0 rings (SSSR count). The lowest BCUT2D eigenvalue weighted by atomic mass is 10.0. The van der Waals surface area contributed by atoms with Gasteiger partial charge in [-0.1, -0.05) is 369 Å². The molecule has 0 fully saturated rings. The number of unbranched alkanes of at least 4 members (excludes halogenated alkanes) is 30. The molecular weight excluding hydrogens is 1510 g/mol. The Morgan fingerprint density at radius 3 is 0.675 bits per heavy atom. The molecule has 0 amide bonds. The Morgan fingerprint density at radius 2 is 0.427 bits per heavy atom. The molecule has 5 unspecified atom stereocenters. The van der Waals surface area contributed by atoms with Crippen LogP contribution in [0.1, 0.15) is 355 Å². The summed E-state index contributed by atoms with van der Waals surface area (Å²) in [5, 5.41) is 20.7. The lowest BCUT2D eigenvalue weighted by Crippen LogP contribution is -2.30. The quantitative estimate of drug-likeness (QED) is 0.0146. The van der Waals surface area contributed by atoms with Crippen molar-refractivity contribution in [1.82, 2.24) is 0 Å². The number of carbonyl (C=O) groups excluding carboxylic acids is 3. The zero-order valence-electron chi connectivity index (χ0n) is 73.3. The van der Waals surface area contributed by atoms with Crippen LogP contribution in [-0.4, -0.2) is 95.9 Å². The minimum Gasteiger partial charge on any atom is -0.463 e. The number of allylic oxidation sites excluding steroid dienone is 32. The van der Waals surface area contributed by atoms with Gasteiger partial charge in [0.25, 0.3) is 0 Å². The van der Waals surface area contributed by atoms with Gasteiger partial charge in [0.1, 0.15) is 25.4 Å². The van der Waals surface area contributed by atoms with Gasteiger partial charge in [0.15, 0.2) is 6.10 Å². The molecule has 0 radical (unpaired) electrons. The van der Waals surface area contributed by atoms with Gasteiger partial charge in [-0.25, -0.2) is 9.13 Å². The first kappa shape index (κ1) is 111. The number of rotatable bonds is 85.